The molecule has 0 atom stereocenters. The summed E-state index contributed by atoms with van der Waals surface area (Å²) in [4.78, 5) is 12.2. The van der Waals surface area contributed by atoms with Gasteiger partial charge < -0.3 is 4.79 Å². The summed E-state index contributed by atoms with van der Waals surface area (Å²) >= 11 is 0. The van der Waals surface area contributed by atoms with E-state index < -0.39 is 8.07 Å². The molecule has 1 aromatic carbocycles. The maximum atomic E-state index is 12.2. The van der Waals surface area contributed by atoms with Crippen molar-refractivity contribution in [1.29, 1.82) is 0 Å². The van der Waals surface area contributed by atoms with Crippen LogP contribution >= 0.6 is 0 Å². The Hall–Kier alpha value is -0.893. The molecule has 0 aliphatic carbocycles. The molecular formula is C14H22OSi. The van der Waals surface area contributed by atoms with E-state index in [4.69, 9.17) is 0 Å². The summed E-state index contributed by atoms with van der Waals surface area (Å²) in [5.41, 5.74) is 0. The third kappa shape index (κ3) is 3.31. The van der Waals surface area contributed by atoms with Crippen LogP contribution in [0.25, 0.3) is 0 Å². The van der Waals surface area contributed by atoms with Crippen LogP contribution in [-0.2, 0) is 4.79 Å². The molecule has 0 heterocycles. The van der Waals surface area contributed by atoms with E-state index >= 15 is 0 Å². The first-order chi connectivity index (χ1) is 7.59. The number of hydrogen-bond acceptors (Lipinski definition) is 1. The molecule has 1 nitrogen and oxygen atoms in total. The maximum absolute atomic E-state index is 12.2. The van der Waals surface area contributed by atoms with Crippen molar-refractivity contribution in [2.45, 2.75) is 45.7 Å². The highest BCUT2D eigenvalue weighted by Gasteiger charge is 2.31. The lowest BCUT2D eigenvalue weighted by atomic mass is 10.2. The number of benzene rings is 1. The standard InChI is InChI=1S/C14H22OSi/c1-4-5-7-12-14(15)16(2,3)13-10-8-6-9-11-13/h6,8-11H,4-5,7,12H2,1-3H3. The highest BCUT2D eigenvalue weighted by atomic mass is 28.3. The summed E-state index contributed by atoms with van der Waals surface area (Å²) in [6, 6.07) is 10.3. The van der Waals surface area contributed by atoms with Crippen LogP contribution in [-0.4, -0.2) is 13.5 Å². The fourth-order valence-electron chi connectivity index (χ4n) is 1.86. The van der Waals surface area contributed by atoms with Gasteiger partial charge in [-0.1, -0.05) is 68.4 Å². The molecule has 0 bridgehead atoms. The molecule has 0 saturated heterocycles. The number of hydrogen-bond donors (Lipinski definition) is 0. The van der Waals surface area contributed by atoms with E-state index in [9.17, 15) is 4.79 Å². The number of carbonyl (C=O) groups excluding carboxylic acids is 1. The fraction of sp³-hybridized carbons (Fsp3) is 0.500. The van der Waals surface area contributed by atoms with Gasteiger partial charge in [0.1, 0.15) is 5.41 Å². The van der Waals surface area contributed by atoms with Crippen LogP contribution in [0.1, 0.15) is 32.6 Å². The van der Waals surface area contributed by atoms with E-state index in [1.165, 1.54) is 18.0 Å². The molecule has 0 N–H and O–H groups in total. The molecule has 0 saturated carbocycles. The van der Waals surface area contributed by atoms with Gasteiger partial charge in [0.25, 0.3) is 0 Å². The Morgan fingerprint density at radius 1 is 1.12 bits per heavy atom. The monoisotopic (exact) mass is 234 g/mol. The highest BCUT2D eigenvalue weighted by molar-refractivity contribution is 7.13. The third-order valence-electron chi connectivity index (χ3n) is 3.20. The molecule has 88 valence electrons. The minimum Gasteiger partial charge on any atom is -0.305 e. The van der Waals surface area contributed by atoms with E-state index in [0.29, 0.717) is 5.41 Å². The Bertz CT molecular complexity index is 330. The van der Waals surface area contributed by atoms with Gasteiger partial charge in [-0.15, -0.1) is 0 Å². The summed E-state index contributed by atoms with van der Waals surface area (Å²) in [6.45, 7) is 6.50. The Morgan fingerprint density at radius 2 is 1.75 bits per heavy atom. The van der Waals surface area contributed by atoms with Gasteiger partial charge in [0.05, 0.1) is 0 Å². The summed E-state index contributed by atoms with van der Waals surface area (Å²) < 4.78 is 0. The summed E-state index contributed by atoms with van der Waals surface area (Å²) in [6.07, 6.45) is 4.17. The highest BCUT2D eigenvalue weighted by Crippen LogP contribution is 2.10. The van der Waals surface area contributed by atoms with Crippen LogP contribution in [0.15, 0.2) is 30.3 Å². The third-order valence-corrected chi connectivity index (χ3v) is 6.62. The van der Waals surface area contributed by atoms with Crippen LogP contribution in [0, 0.1) is 0 Å². The smallest absolute Gasteiger partial charge is 0.157 e. The zero-order valence-electron chi connectivity index (χ0n) is 10.6. The number of rotatable bonds is 6. The molecule has 16 heavy (non-hydrogen) atoms. The van der Waals surface area contributed by atoms with Gasteiger partial charge in [-0.25, -0.2) is 0 Å². The largest absolute Gasteiger partial charge is 0.305 e. The number of unbranched alkanes of at least 4 members (excludes halogenated alkanes) is 2. The molecule has 2 heteroatoms. The van der Waals surface area contributed by atoms with Crippen molar-refractivity contribution >= 4 is 18.7 Å². The first-order valence-electron chi connectivity index (χ1n) is 6.18. The minimum absolute atomic E-state index is 0.493. The molecular weight excluding hydrogens is 212 g/mol. The second-order valence-corrected chi connectivity index (χ2v) is 9.26. The predicted molar refractivity (Wildman–Crippen MR) is 72.7 cm³/mol. The first-order valence-corrected chi connectivity index (χ1v) is 9.18. The molecule has 0 fully saturated rings. The van der Waals surface area contributed by atoms with Gasteiger partial charge in [0, 0.05) is 6.42 Å². The van der Waals surface area contributed by atoms with Gasteiger partial charge in [-0.3, -0.25) is 0 Å². The maximum Gasteiger partial charge on any atom is 0.157 e. The molecule has 0 aliphatic rings. The van der Waals surface area contributed by atoms with E-state index in [1.54, 1.807) is 0 Å². The fourth-order valence-corrected chi connectivity index (χ4v) is 4.01. The lowest BCUT2D eigenvalue weighted by molar-refractivity contribution is -0.112. The van der Waals surface area contributed by atoms with Gasteiger partial charge in [-0.05, 0) is 6.42 Å². The van der Waals surface area contributed by atoms with Crippen LogP contribution in [0.4, 0.5) is 0 Å². The summed E-state index contributed by atoms with van der Waals surface area (Å²) in [5, 5.41) is 1.75. The molecule has 0 spiro atoms. The van der Waals surface area contributed by atoms with Crippen LogP contribution in [0.5, 0.6) is 0 Å². The molecule has 1 rings (SSSR count). The van der Waals surface area contributed by atoms with Crippen molar-refractivity contribution in [3.63, 3.8) is 0 Å². The van der Waals surface area contributed by atoms with Gasteiger partial charge in [0.15, 0.2) is 8.07 Å². The molecule has 0 aliphatic heterocycles. The topological polar surface area (TPSA) is 17.1 Å². The molecule has 0 unspecified atom stereocenters. The zero-order chi connectivity index (χ0) is 12.0. The number of carbonyl (C=O) groups is 1. The van der Waals surface area contributed by atoms with Crippen molar-refractivity contribution in [3.8, 4) is 0 Å². The van der Waals surface area contributed by atoms with Crippen LogP contribution in [0.3, 0.4) is 0 Å². The molecule has 0 amide bonds. The van der Waals surface area contributed by atoms with Crippen molar-refractivity contribution in [3.05, 3.63) is 30.3 Å². The van der Waals surface area contributed by atoms with E-state index in [0.717, 1.165) is 12.8 Å². The summed E-state index contributed by atoms with van der Waals surface area (Å²) in [7, 11) is -1.87. The van der Waals surface area contributed by atoms with Gasteiger partial charge >= 0.3 is 0 Å². The molecule has 0 radical (unpaired) electrons. The lowest BCUT2D eigenvalue weighted by Gasteiger charge is -2.21. The normalized spacial score (nSPS) is 11.4. The van der Waals surface area contributed by atoms with Crippen molar-refractivity contribution in [1.82, 2.24) is 0 Å². The average molecular weight is 234 g/mol. The van der Waals surface area contributed by atoms with Crippen LogP contribution in [0.2, 0.25) is 13.1 Å². The van der Waals surface area contributed by atoms with Crippen LogP contribution < -0.4 is 5.19 Å². The molecule has 0 aromatic heterocycles. The van der Waals surface area contributed by atoms with Gasteiger partial charge in [0.2, 0.25) is 0 Å². The van der Waals surface area contributed by atoms with Crippen molar-refractivity contribution in [2.75, 3.05) is 0 Å². The quantitative estimate of drug-likeness (QED) is 0.545. The van der Waals surface area contributed by atoms with E-state index in [2.05, 4.69) is 32.2 Å². The lowest BCUT2D eigenvalue weighted by Crippen LogP contribution is -2.49. The Labute approximate surface area is 99.9 Å². The van der Waals surface area contributed by atoms with E-state index in [-0.39, 0.29) is 0 Å². The van der Waals surface area contributed by atoms with Crippen molar-refractivity contribution in [2.24, 2.45) is 0 Å². The average Bonchev–Trinajstić information content (AvgIpc) is 2.30. The minimum atomic E-state index is -1.87. The van der Waals surface area contributed by atoms with Gasteiger partial charge in [-0.2, -0.15) is 0 Å². The Balaban J connectivity index is 2.66. The second kappa shape index (κ2) is 5.99. The zero-order valence-corrected chi connectivity index (χ0v) is 11.6. The van der Waals surface area contributed by atoms with E-state index in [1.807, 2.05) is 18.2 Å². The predicted octanol–water partition coefficient (Wildman–Crippen LogP) is 3.29. The Kier molecular flexibility index (Phi) is 4.94. The Morgan fingerprint density at radius 3 is 2.31 bits per heavy atom. The first kappa shape index (κ1) is 13.2. The van der Waals surface area contributed by atoms with Crippen molar-refractivity contribution < 1.29 is 4.79 Å². The SMILES string of the molecule is CCCCCC(=O)[Si](C)(C)c1ccccc1. The summed E-state index contributed by atoms with van der Waals surface area (Å²) in [5.74, 6) is 0. The molecule has 1 aromatic rings. The second-order valence-electron chi connectivity index (χ2n) is 4.87.